The molecule has 0 saturated carbocycles. The van der Waals surface area contributed by atoms with Gasteiger partial charge in [-0.25, -0.2) is 9.59 Å². The van der Waals surface area contributed by atoms with Crippen molar-refractivity contribution in [1.29, 1.82) is 0 Å². The molecule has 0 spiro atoms. The van der Waals surface area contributed by atoms with E-state index in [9.17, 15) is 14.7 Å². The second-order valence-corrected chi connectivity index (χ2v) is 2.95. The highest BCUT2D eigenvalue weighted by atomic mass is 16.5. The maximum Gasteiger partial charge on any atom is 0.336 e. The van der Waals surface area contributed by atoms with Gasteiger partial charge in [0.15, 0.2) is 11.5 Å². The summed E-state index contributed by atoms with van der Waals surface area (Å²) in [4.78, 5) is 21.3. The van der Waals surface area contributed by atoms with Gasteiger partial charge in [-0.3, -0.25) is 0 Å². The van der Waals surface area contributed by atoms with Gasteiger partial charge in [-0.15, -0.1) is 0 Å². The van der Waals surface area contributed by atoms with Crippen LogP contribution < -0.4 is 4.74 Å². The molecule has 0 saturated heterocycles. The number of aliphatic carboxylic acids is 1. The number of ether oxygens (including phenoxy) is 1. The lowest BCUT2D eigenvalue weighted by atomic mass is 10.3. The Bertz CT molecular complexity index is 474. The minimum Gasteiger partial charge on any atom is -0.504 e. The molecule has 0 heterocycles. The number of rotatable bonds is 4. The average molecular weight is 234 g/mol. The number of benzene rings is 1. The van der Waals surface area contributed by atoms with Crippen LogP contribution in [-0.4, -0.2) is 22.2 Å². The van der Waals surface area contributed by atoms with Crippen molar-refractivity contribution in [1.82, 2.24) is 0 Å². The number of carbonyl (C=O) groups excluding carboxylic acids is 1. The molecule has 0 aliphatic heterocycles. The van der Waals surface area contributed by atoms with Crippen LogP contribution >= 0.6 is 0 Å². The molecule has 0 fully saturated rings. The Labute approximate surface area is 97.3 Å². The molecule has 88 valence electrons. The fourth-order valence-corrected chi connectivity index (χ4v) is 0.958. The summed E-state index contributed by atoms with van der Waals surface area (Å²) >= 11 is 0. The summed E-state index contributed by atoms with van der Waals surface area (Å²) in [6.45, 7) is 0. The van der Waals surface area contributed by atoms with E-state index in [-0.39, 0.29) is 11.5 Å². The van der Waals surface area contributed by atoms with E-state index in [0.29, 0.717) is 0 Å². The molecule has 5 nitrogen and oxygen atoms in total. The van der Waals surface area contributed by atoms with Crippen LogP contribution in [0.15, 0.2) is 48.6 Å². The predicted molar refractivity (Wildman–Crippen MR) is 59.7 cm³/mol. The van der Waals surface area contributed by atoms with Gasteiger partial charge in [-0.05, 0) is 12.1 Å². The highest BCUT2D eigenvalue weighted by Gasteiger charge is 2.03. The fourth-order valence-electron chi connectivity index (χ4n) is 0.958. The second kappa shape index (κ2) is 6.12. The average Bonchev–Trinajstić information content (AvgIpc) is 2.27. The van der Waals surface area contributed by atoms with Crippen LogP contribution in [0.3, 0.4) is 0 Å². The number of phenols is 1. The Morgan fingerprint density at radius 1 is 1.12 bits per heavy atom. The number of aromatic hydroxyl groups is 1. The van der Waals surface area contributed by atoms with Gasteiger partial charge in [0.05, 0.1) is 0 Å². The zero-order chi connectivity index (χ0) is 12.7. The monoisotopic (exact) mass is 234 g/mol. The van der Waals surface area contributed by atoms with Crippen LogP contribution in [0.4, 0.5) is 0 Å². The largest absolute Gasteiger partial charge is 0.504 e. The Morgan fingerprint density at radius 3 is 2.41 bits per heavy atom. The Kier molecular flexibility index (Phi) is 4.50. The maximum absolute atomic E-state index is 11.2. The van der Waals surface area contributed by atoms with Gasteiger partial charge in [0, 0.05) is 12.2 Å². The number of allylic oxidation sites excluding steroid dienone is 2. The molecule has 0 amide bonds. The van der Waals surface area contributed by atoms with Crippen molar-refractivity contribution in [3.63, 3.8) is 0 Å². The lowest BCUT2D eigenvalue weighted by molar-refractivity contribution is -0.131. The molecule has 2 N–H and O–H groups in total. The van der Waals surface area contributed by atoms with Crippen LogP contribution in [0.25, 0.3) is 0 Å². The highest BCUT2D eigenvalue weighted by Crippen LogP contribution is 2.24. The van der Waals surface area contributed by atoms with Crippen LogP contribution in [0, 0.1) is 0 Å². The minimum absolute atomic E-state index is 0.0457. The Morgan fingerprint density at radius 2 is 1.76 bits per heavy atom. The zero-order valence-electron chi connectivity index (χ0n) is 8.74. The SMILES string of the molecule is O=C(O)/C=C\C=C/C(=O)Oc1ccccc1O. The van der Waals surface area contributed by atoms with Gasteiger partial charge >= 0.3 is 11.9 Å². The third-order valence-corrected chi connectivity index (χ3v) is 1.66. The van der Waals surface area contributed by atoms with Crippen LogP contribution in [-0.2, 0) is 9.59 Å². The highest BCUT2D eigenvalue weighted by molar-refractivity contribution is 5.85. The first kappa shape index (κ1) is 12.5. The molecule has 1 aromatic carbocycles. The third-order valence-electron chi connectivity index (χ3n) is 1.66. The van der Waals surface area contributed by atoms with Crippen molar-refractivity contribution in [3.8, 4) is 11.5 Å². The van der Waals surface area contributed by atoms with Crippen LogP contribution in [0.2, 0.25) is 0 Å². The maximum atomic E-state index is 11.2. The Balaban J connectivity index is 2.56. The summed E-state index contributed by atoms with van der Waals surface area (Å²) in [5.74, 6) is -1.91. The van der Waals surface area contributed by atoms with E-state index in [1.165, 1.54) is 24.3 Å². The third kappa shape index (κ3) is 4.65. The normalized spacial score (nSPS) is 10.8. The zero-order valence-corrected chi connectivity index (χ0v) is 8.74. The molecule has 1 rings (SSSR count). The molecule has 0 aliphatic carbocycles. The standard InChI is InChI=1S/C12H10O5/c13-9-5-1-2-6-10(9)17-12(16)8-4-3-7-11(14)15/h1-8,13H,(H,14,15)/b7-3-,8-4-. The molecule has 0 radical (unpaired) electrons. The number of carbonyl (C=O) groups is 2. The molecule has 0 aromatic heterocycles. The van der Waals surface area contributed by atoms with E-state index in [1.807, 2.05) is 0 Å². The second-order valence-electron chi connectivity index (χ2n) is 2.95. The lowest BCUT2D eigenvalue weighted by Crippen LogP contribution is -2.03. The summed E-state index contributed by atoms with van der Waals surface area (Å²) in [7, 11) is 0. The van der Waals surface area contributed by atoms with E-state index < -0.39 is 11.9 Å². The van der Waals surface area contributed by atoms with Crippen molar-refractivity contribution in [2.24, 2.45) is 0 Å². The van der Waals surface area contributed by atoms with Gasteiger partial charge < -0.3 is 14.9 Å². The first-order chi connectivity index (χ1) is 8.09. The van der Waals surface area contributed by atoms with Crippen molar-refractivity contribution >= 4 is 11.9 Å². The topological polar surface area (TPSA) is 83.8 Å². The molecule has 0 bridgehead atoms. The van der Waals surface area contributed by atoms with Crippen molar-refractivity contribution in [3.05, 3.63) is 48.6 Å². The van der Waals surface area contributed by atoms with E-state index >= 15 is 0 Å². The molecule has 1 aromatic rings. The molecule has 0 atom stereocenters. The van der Waals surface area contributed by atoms with Crippen LogP contribution in [0.5, 0.6) is 11.5 Å². The van der Waals surface area contributed by atoms with E-state index in [0.717, 1.165) is 12.2 Å². The van der Waals surface area contributed by atoms with Gasteiger partial charge in [-0.2, -0.15) is 0 Å². The van der Waals surface area contributed by atoms with Crippen molar-refractivity contribution in [2.45, 2.75) is 0 Å². The number of hydrogen-bond acceptors (Lipinski definition) is 4. The lowest BCUT2D eigenvalue weighted by Gasteiger charge is -2.02. The summed E-state index contributed by atoms with van der Waals surface area (Å²) in [5.41, 5.74) is 0. The first-order valence-electron chi connectivity index (χ1n) is 4.67. The number of phenolic OH excluding ortho intramolecular Hbond substituents is 1. The van der Waals surface area contributed by atoms with E-state index in [2.05, 4.69) is 0 Å². The molecule has 17 heavy (non-hydrogen) atoms. The minimum atomic E-state index is -1.11. The smallest absolute Gasteiger partial charge is 0.336 e. The number of esters is 1. The van der Waals surface area contributed by atoms with E-state index in [1.54, 1.807) is 12.1 Å². The number of para-hydroxylation sites is 2. The molecular weight excluding hydrogens is 224 g/mol. The summed E-state index contributed by atoms with van der Waals surface area (Å²) in [6, 6.07) is 6.03. The predicted octanol–water partition coefficient (Wildman–Crippen LogP) is 1.49. The summed E-state index contributed by atoms with van der Waals surface area (Å²) in [6.07, 6.45) is 4.35. The number of hydrogen-bond donors (Lipinski definition) is 2. The summed E-state index contributed by atoms with van der Waals surface area (Å²) in [5, 5.41) is 17.6. The quantitative estimate of drug-likeness (QED) is 0.357. The Hall–Kier alpha value is -2.56. The van der Waals surface area contributed by atoms with Crippen LogP contribution in [0.1, 0.15) is 0 Å². The molecule has 0 aliphatic rings. The molecular formula is C12H10O5. The van der Waals surface area contributed by atoms with Crippen molar-refractivity contribution < 1.29 is 24.5 Å². The van der Waals surface area contributed by atoms with Crippen molar-refractivity contribution in [2.75, 3.05) is 0 Å². The van der Waals surface area contributed by atoms with Gasteiger partial charge in [0.1, 0.15) is 0 Å². The van der Waals surface area contributed by atoms with E-state index in [4.69, 9.17) is 9.84 Å². The number of carboxylic acid groups (broad SMARTS) is 1. The van der Waals surface area contributed by atoms with Gasteiger partial charge in [0.2, 0.25) is 0 Å². The number of carboxylic acids is 1. The molecule has 0 unspecified atom stereocenters. The fraction of sp³-hybridized carbons (Fsp3) is 0. The first-order valence-corrected chi connectivity index (χ1v) is 4.67. The molecule has 5 heteroatoms. The van der Waals surface area contributed by atoms with Gasteiger partial charge in [-0.1, -0.05) is 24.3 Å². The van der Waals surface area contributed by atoms with Gasteiger partial charge in [0.25, 0.3) is 0 Å². The summed E-state index contributed by atoms with van der Waals surface area (Å²) < 4.78 is 4.80.